The van der Waals surface area contributed by atoms with Crippen LogP contribution in [0.15, 0.2) is 0 Å². The lowest BCUT2D eigenvalue weighted by Gasteiger charge is -2.21. The fourth-order valence-corrected chi connectivity index (χ4v) is 12.5. The molecule has 0 aliphatic heterocycles. The largest absolute Gasteiger partial charge is 0.472 e. The summed E-state index contributed by atoms with van der Waals surface area (Å²) < 4.78 is 68.4. The Bertz CT molecular complexity index is 1770. The molecule has 2 unspecified atom stereocenters. The van der Waals surface area contributed by atoms with Gasteiger partial charge < -0.3 is 33.8 Å². The zero-order chi connectivity index (χ0) is 67.2. The van der Waals surface area contributed by atoms with Gasteiger partial charge in [0.2, 0.25) is 0 Å². The van der Waals surface area contributed by atoms with Gasteiger partial charge in [-0.2, -0.15) is 0 Å². The number of carbonyl (C=O) groups is 4. The SMILES string of the molecule is CCCCCCCCCCCCCCCCC(=O)O[C@H](COC(=O)CCCCCCCCCCCCC(C)C)COP(=O)(O)OC[C@@H](O)COP(=O)(O)OC[C@@H](COC(=O)CCCCCCCCCCCCCC)OC(=O)CCCCCCCCCCCC(C)C. The normalized spacial score (nSPS) is 14.1. The van der Waals surface area contributed by atoms with Gasteiger partial charge in [0.1, 0.15) is 19.3 Å². The van der Waals surface area contributed by atoms with Crippen molar-refractivity contribution >= 4 is 39.5 Å². The number of ether oxygens (including phenoxy) is 4. The van der Waals surface area contributed by atoms with E-state index in [0.29, 0.717) is 25.7 Å². The summed E-state index contributed by atoms with van der Waals surface area (Å²) in [6.07, 6.45) is 49.8. The third-order valence-electron chi connectivity index (χ3n) is 16.7. The van der Waals surface area contributed by atoms with Crippen molar-refractivity contribution in [3.63, 3.8) is 0 Å². The second-order valence-corrected chi connectivity index (χ2v) is 29.8. The summed E-state index contributed by atoms with van der Waals surface area (Å²) in [5.41, 5.74) is 0. The molecular formula is C72H140O17P2. The molecule has 91 heavy (non-hydrogen) atoms. The average Bonchev–Trinajstić information content (AvgIpc) is 3.72. The number of hydrogen-bond acceptors (Lipinski definition) is 15. The number of phosphoric acid groups is 2. The van der Waals surface area contributed by atoms with Crippen LogP contribution in [0.1, 0.15) is 369 Å². The van der Waals surface area contributed by atoms with Gasteiger partial charge in [0, 0.05) is 25.7 Å². The topological polar surface area (TPSA) is 237 Å². The molecule has 0 aromatic carbocycles. The Labute approximate surface area is 556 Å². The van der Waals surface area contributed by atoms with E-state index in [2.05, 4.69) is 41.5 Å². The molecule has 0 rings (SSSR count). The highest BCUT2D eigenvalue weighted by Gasteiger charge is 2.30. The number of esters is 4. The molecule has 0 fully saturated rings. The molecule has 19 heteroatoms. The first-order valence-corrected chi connectivity index (χ1v) is 40.5. The van der Waals surface area contributed by atoms with Gasteiger partial charge in [-0.25, -0.2) is 9.13 Å². The van der Waals surface area contributed by atoms with E-state index >= 15 is 0 Å². The maximum Gasteiger partial charge on any atom is 0.472 e. The van der Waals surface area contributed by atoms with E-state index < -0.39 is 97.5 Å². The minimum absolute atomic E-state index is 0.106. The lowest BCUT2D eigenvalue weighted by atomic mass is 10.0. The molecule has 0 aliphatic carbocycles. The first kappa shape index (κ1) is 89.1. The number of rotatable bonds is 71. The first-order valence-electron chi connectivity index (χ1n) is 37.5. The highest BCUT2D eigenvalue weighted by molar-refractivity contribution is 7.47. The van der Waals surface area contributed by atoms with E-state index in [4.69, 9.17) is 37.0 Å². The van der Waals surface area contributed by atoms with Crippen LogP contribution in [0.25, 0.3) is 0 Å². The smallest absolute Gasteiger partial charge is 0.462 e. The summed E-state index contributed by atoms with van der Waals surface area (Å²) in [6, 6.07) is 0. The van der Waals surface area contributed by atoms with Crippen molar-refractivity contribution < 1.29 is 80.2 Å². The van der Waals surface area contributed by atoms with Crippen LogP contribution in [0.2, 0.25) is 0 Å². The molecule has 0 aromatic rings. The van der Waals surface area contributed by atoms with Gasteiger partial charge in [0.05, 0.1) is 26.4 Å². The summed E-state index contributed by atoms with van der Waals surface area (Å²) in [5, 5.41) is 10.6. The molecule has 5 atom stereocenters. The molecule has 0 saturated carbocycles. The third kappa shape index (κ3) is 66.5. The van der Waals surface area contributed by atoms with Crippen molar-refractivity contribution in [2.24, 2.45) is 11.8 Å². The maximum atomic E-state index is 13.0. The van der Waals surface area contributed by atoms with Gasteiger partial charge in [-0.15, -0.1) is 0 Å². The van der Waals surface area contributed by atoms with Crippen LogP contribution in [0, 0.1) is 11.8 Å². The molecule has 0 spiro atoms. The predicted octanol–water partition coefficient (Wildman–Crippen LogP) is 20.8. The number of aliphatic hydroxyl groups excluding tert-OH is 1. The van der Waals surface area contributed by atoms with Crippen molar-refractivity contribution in [1.29, 1.82) is 0 Å². The molecule has 0 aromatic heterocycles. The monoisotopic (exact) mass is 1340 g/mol. The standard InChI is InChI=1S/C72H140O17P2/c1-7-9-11-13-15-17-19-21-22-24-32-38-44-50-56-71(76)88-67(60-83-70(75)55-49-43-37-31-26-25-28-34-40-46-52-64(3)4)62-86-90(78,79)84-58-66(73)59-85-91(80,81)87-63-68(89-72(77)57-51-45-39-33-27-29-35-41-47-53-65(5)6)61-82-69(74)54-48-42-36-30-23-20-18-16-14-12-10-8-2/h64-68,73H,7-63H2,1-6H3,(H,78,79)(H,80,81)/t66-,67-,68-/m1/s1. The van der Waals surface area contributed by atoms with Gasteiger partial charge >= 0.3 is 39.5 Å². The lowest BCUT2D eigenvalue weighted by molar-refractivity contribution is -0.161. The second kappa shape index (κ2) is 64.1. The van der Waals surface area contributed by atoms with Crippen LogP contribution >= 0.6 is 15.6 Å². The molecule has 540 valence electrons. The molecule has 0 saturated heterocycles. The Morgan fingerprint density at radius 2 is 0.505 bits per heavy atom. The minimum atomic E-state index is -4.95. The maximum absolute atomic E-state index is 13.0. The summed E-state index contributed by atoms with van der Waals surface area (Å²) >= 11 is 0. The van der Waals surface area contributed by atoms with Crippen molar-refractivity contribution in [1.82, 2.24) is 0 Å². The van der Waals surface area contributed by atoms with Crippen LogP contribution in [0.5, 0.6) is 0 Å². The molecule has 0 radical (unpaired) electrons. The van der Waals surface area contributed by atoms with Crippen LogP contribution in [-0.4, -0.2) is 96.7 Å². The van der Waals surface area contributed by atoms with E-state index in [9.17, 15) is 43.2 Å². The molecule has 0 bridgehead atoms. The number of unbranched alkanes of at least 4 members (excludes halogenated alkanes) is 41. The lowest BCUT2D eigenvalue weighted by Crippen LogP contribution is -2.30. The molecular weight excluding hydrogens is 1200 g/mol. The van der Waals surface area contributed by atoms with Gasteiger partial charge in [-0.3, -0.25) is 37.3 Å². The number of carbonyl (C=O) groups excluding carboxylic acids is 4. The van der Waals surface area contributed by atoms with Gasteiger partial charge in [-0.1, -0.05) is 318 Å². The Morgan fingerprint density at radius 3 is 0.747 bits per heavy atom. The van der Waals surface area contributed by atoms with E-state index in [1.54, 1.807) is 0 Å². The van der Waals surface area contributed by atoms with Crippen molar-refractivity contribution in [3.8, 4) is 0 Å². The van der Waals surface area contributed by atoms with Gasteiger partial charge in [-0.05, 0) is 37.5 Å². The van der Waals surface area contributed by atoms with E-state index in [1.807, 2.05) is 0 Å². The van der Waals surface area contributed by atoms with E-state index in [-0.39, 0.29) is 25.7 Å². The Morgan fingerprint density at radius 1 is 0.297 bits per heavy atom. The van der Waals surface area contributed by atoms with E-state index in [1.165, 1.54) is 186 Å². The minimum Gasteiger partial charge on any atom is -0.462 e. The third-order valence-corrected chi connectivity index (χ3v) is 18.6. The predicted molar refractivity (Wildman–Crippen MR) is 368 cm³/mol. The van der Waals surface area contributed by atoms with Gasteiger partial charge in [0.15, 0.2) is 12.2 Å². The zero-order valence-electron chi connectivity index (χ0n) is 59.1. The van der Waals surface area contributed by atoms with E-state index in [0.717, 1.165) is 102 Å². The summed E-state index contributed by atoms with van der Waals surface area (Å²) in [7, 11) is -9.90. The molecule has 0 heterocycles. The summed E-state index contributed by atoms with van der Waals surface area (Å²) in [6.45, 7) is 9.54. The van der Waals surface area contributed by atoms with Crippen LogP contribution in [-0.2, 0) is 65.4 Å². The van der Waals surface area contributed by atoms with Crippen molar-refractivity contribution in [3.05, 3.63) is 0 Å². The van der Waals surface area contributed by atoms with Crippen LogP contribution < -0.4 is 0 Å². The zero-order valence-corrected chi connectivity index (χ0v) is 60.9. The molecule has 0 amide bonds. The number of phosphoric ester groups is 2. The quantitative estimate of drug-likeness (QED) is 0.0222. The molecule has 0 aliphatic rings. The fourth-order valence-electron chi connectivity index (χ4n) is 10.9. The number of aliphatic hydroxyl groups is 1. The molecule has 17 nitrogen and oxygen atoms in total. The van der Waals surface area contributed by atoms with Crippen molar-refractivity contribution in [2.75, 3.05) is 39.6 Å². The highest BCUT2D eigenvalue weighted by Crippen LogP contribution is 2.45. The summed E-state index contributed by atoms with van der Waals surface area (Å²) in [4.78, 5) is 72.7. The highest BCUT2D eigenvalue weighted by atomic mass is 31.2. The Hall–Kier alpha value is -1.94. The average molecular weight is 1340 g/mol. The van der Waals surface area contributed by atoms with Crippen LogP contribution in [0.3, 0.4) is 0 Å². The second-order valence-electron chi connectivity index (χ2n) is 26.9. The Balaban J connectivity index is 5.26. The number of hydrogen-bond donors (Lipinski definition) is 3. The van der Waals surface area contributed by atoms with Crippen LogP contribution in [0.4, 0.5) is 0 Å². The summed E-state index contributed by atoms with van der Waals surface area (Å²) in [5.74, 6) is -0.624. The molecule has 3 N–H and O–H groups in total. The Kier molecular flexibility index (Phi) is 62.7. The fraction of sp³-hybridized carbons (Fsp3) is 0.944. The first-order chi connectivity index (χ1) is 43.9. The van der Waals surface area contributed by atoms with Crippen molar-refractivity contribution in [2.45, 2.75) is 387 Å². The van der Waals surface area contributed by atoms with Gasteiger partial charge in [0.25, 0.3) is 0 Å².